The predicted molar refractivity (Wildman–Crippen MR) is 70.6 cm³/mol. The molecule has 1 aromatic heterocycles. The summed E-state index contributed by atoms with van der Waals surface area (Å²) in [6.07, 6.45) is -6.68. The van der Waals surface area contributed by atoms with Crippen molar-refractivity contribution in [2.75, 3.05) is 6.54 Å². The van der Waals surface area contributed by atoms with Gasteiger partial charge in [0, 0.05) is 13.1 Å². The van der Waals surface area contributed by atoms with Gasteiger partial charge in [-0.3, -0.25) is 9.48 Å². The largest absolute Gasteiger partial charge is 0.460 e. The van der Waals surface area contributed by atoms with Gasteiger partial charge >= 0.3 is 18.0 Å². The first kappa shape index (κ1) is 20.8. The predicted octanol–water partition coefficient (Wildman–Crippen LogP) is 3.84. The fourth-order valence-corrected chi connectivity index (χ4v) is 1.94. The number of nitrogens with one attached hydrogen (secondary N) is 1. The number of aromatic nitrogens is 2. The zero-order valence-corrected chi connectivity index (χ0v) is 13.3. The average Bonchev–Trinajstić information content (AvgIpc) is 2.69. The summed E-state index contributed by atoms with van der Waals surface area (Å²) in [7, 11) is 0. The third-order valence-corrected chi connectivity index (χ3v) is 3.80. The summed E-state index contributed by atoms with van der Waals surface area (Å²) in [5.74, 6) is -15.2. The molecule has 0 fully saturated rings. The molecule has 138 valence electrons. The molecule has 4 nitrogen and oxygen atoms in total. The van der Waals surface area contributed by atoms with Crippen LogP contribution in [0.5, 0.6) is 0 Å². The van der Waals surface area contributed by atoms with Gasteiger partial charge < -0.3 is 5.32 Å². The van der Waals surface area contributed by atoms with Crippen molar-refractivity contribution in [2.24, 2.45) is 0 Å². The van der Waals surface area contributed by atoms with E-state index in [0.717, 1.165) is 4.68 Å². The van der Waals surface area contributed by atoms with Crippen LogP contribution in [0.1, 0.15) is 12.1 Å². The van der Waals surface area contributed by atoms with E-state index in [0.29, 0.717) is 5.69 Å². The van der Waals surface area contributed by atoms with Crippen LogP contribution in [0.3, 0.4) is 0 Å². The molecule has 0 spiro atoms. The lowest BCUT2D eigenvalue weighted by Gasteiger charge is -2.27. The highest BCUT2D eigenvalue weighted by Gasteiger charge is 2.76. The summed E-state index contributed by atoms with van der Waals surface area (Å²) < 4.78 is 88.3. The first-order chi connectivity index (χ1) is 10.7. The van der Waals surface area contributed by atoms with Crippen molar-refractivity contribution in [3.63, 3.8) is 0 Å². The van der Waals surface area contributed by atoms with E-state index in [-0.39, 0.29) is 23.1 Å². The molecule has 13 heteroatoms. The van der Waals surface area contributed by atoms with E-state index in [1.165, 1.54) is 12.2 Å². The minimum absolute atomic E-state index is 0.0338. The van der Waals surface area contributed by atoms with Crippen molar-refractivity contribution in [3.05, 3.63) is 15.9 Å². The van der Waals surface area contributed by atoms with E-state index in [1.54, 1.807) is 0 Å². The summed E-state index contributed by atoms with van der Waals surface area (Å²) in [6, 6.07) is 0. The van der Waals surface area contributed by atoms with Gasteiger partial charge in [-0.25, -0.2) is 0 Å². The van der Waals surface area contributed by atoms with Crippen LogP contribution in [0.4, 0.5) is 30.7 Å². The number of alkyl halides is 7. The van der Waals surface area contributed by atoms with Gasteiger partial charge in [0.15, 0.2) is 0 Å². The summed E-state index contributed by atoms with van der Waals surface area (Å²) >= 11 is 11.5. The Balaban J connectivity index is 2.61. The van der Waals surface area contributed by atoms with Gasteiger partial charge in [0.1, 0.15) is 10.2 Å². The fraction of sp³-hybridized carbons (Fsp3) is 0.636. The van der Waals surface area contributed by atoms with Crippen LogP contribution in [0, 0.1) is 6.92 Å². The van der Waals surface area contributed by atoms with Crippen LogP contribution in [0.2, 0.25) is 10.2 Å². The van der Waals surface area contributed by atoms with Crippen molar-refractivity contribution < 1.29 is 35.5 Å². The smallest absolute Gasteiger partial charge is 0.351 e. The molecule has 0 aliphatic heterocycles. The molecule has 0 saturated heterocycles. The third-order valence-electron chi connectivity index (χ3n) is 2.86. The first-order valence-corrected chi connectivity index (χ1v) is 6.98. The molecule has 0 aliphatic carbocycles. The number of hydrogen-bond acceptors (Lipinski definition) is 2. The van der Waals surface area contributed by atoms with Crippen LogP contribution >= 0.6 is 23.2 Å². The van der Waals surface area contributed by atoms with Gasteiger partial charge in [-0.2, -0.15) is 35.8 Å². The van der Waals surface area contributed by atoms with E-state index < -0.39 is 30.5 Å². The Morgan fingerprint density at radius 2 is 1.71 bits per heavy atom. The topological polar surface area (TPSA) is 46.9 Å². The lowest BCUT2D eigenvalue weighted by molar-refractivity contribution is -0.344. The molecule has 1 N–H and O–H groups in total. The number of aryl methyl sites for hydroxylation is 2. The van der Waals surface area contributed by atoms with Crippen LogP contribution in [0.15, 0.2) is 0 Å². The van der Waals surface area contributed by atoms with E-state index in [2.05, 4.69) is 5.10 Å². The van der Waals surface area contributed by atoms with E-state index >= 15 is 0 Å². The Bertz CT molecular complexity index is 615. The Hall–Kier alpha value is -1.23. The highest BCUT2D eigenvalue weighted by Crippen LogP contribution is 2.46. The van der Waals surface area contributed by atoms with Crippen LogP contribution < -0.4 is 5.32 Å². The maximum Gasteiger partial charge on any atom is 0.460 e. The quantitative estimate of drug-likeness (QED) is 0.579. The Kier molecular flexibility index (Phi) is 6.02. The molecule has 1 rings (SSSR count). The highest BCUT2D eigenvalue weighted by molar-refractivity contribution is 6.41. The Labute approximate surface area is 140 Å². The van der Waals surface area contributed by atoms with E-state index in [9.17, 15) is 35.5 Å². The zero-order valence-electron chi connectivity index (χ0n) is 11.8. The molecule has 24 heavy (non-hydrogen) atoms. The molecule has 1 heterocycles. The second-order valence-corrected chi connectivity index (χ2v) is 5.41. The molecule has 0 aliphatic rings. The first-order valence-electron chi connectivity index (χ1n) is 6.22. The standard InChI is InChI=1S/C11H10Cl2F7N3O/c1-5-6(12)7(13)23(22-5)4-2-3-21-8(24)9(14,15)10(16,17)11(18,19)20/h2-4H2,1H3,(H,21,24). The number of hydrogen-bond donors (Lipinski definition) is 1. The second-order valence-electron chi connectivity index (χ2n) is 4.67. The Morgan fingerprint density at radius 3 is 2.12 bits per heavy atom. The minimum atomic E-state index is -6.56. The molecule has 0 aromatic carbocycles. The van der Waals surface area contributed by atoms with Crippen molar-refractivity contribution in [1.29, 1.82) is 0 Å². The zero-order chi connectivity index (χ0) is 18.9. The lowest BCUT2D eigenvalue weighted by atomic mass is 10.1. The van der Waals surface area contributed by atoms with Gasteiger partial charge in [-0.1, -0.05) is 23.2 Å². The lowest BCUT2D eigenvalue weighted by Crippen LogP contribution is -2.59. The maximum atomic E-state index is 13.0. The van der Waals surface area contributed by atoms with Crippen molar-refractivity contribution in [1.82, 2.24) is 15.1 Å². The fourth-order valence-electron chi connectivity index (χ4n) is 1.54. The number of nitrogens with zero attached hydrogens (tertiary/aromatic N) is 2. The molecular formula is C11H10Cl2F7N3O. The van der Waals surface area contributed by atoms with Gasteiger partial charge in [0.25, 0.3) is 5.91 Å². The third kappa shape index (κ3) is 3.88. The average molecular weight is 404 g/mol. The SMILES string of the molecule is Cc1nn(CCCNC(=O)C(F)(F)C(F)(F)C(F)(F)F)c(Cl)c1Cl. The van der Waals surface area contributed by atoms with E-state index in [4.69, 9.17) is 23.2 Å². The molecule has 0 unspecified atom stereocenters. The summed E-state index contributed by atoms with van der Waals surface area (Å²) in [4.78, 5) is 11.0. The molecule has 0 saturated carbocycles. The number of rotatable bonds is 6. The summed E-state index contributed by atoms with van der Waals surface area (Å²) in [6.45, 7) is 0.898. The van der Waals surface area contributed by atoms with Crippen molar-refractivity contribution >= 4 is 29.1 Å². The highest BCUT2D eigenvalue weighted by atomic mass is 35.5. The van der Waals surface area contributed by atoms with Crippen LogP contribution in [-0.4, -0.2) is 40.3 Å². The summed E-state index contributed by atoms with van der Waals surface area (Å²) in [5.41, 5.74) is 0.377. The number of carbonyl (C=O) groups excluding carboxylic acids is 1. The van der Waals surface area contributed by atoms with Crippen molar-refractivity contribution in [2.45, 2.75) is 37.9 Å². The van der Waals surface area contributed by atoms with E-state index in [1.807, 2.05) is 0 Å². The minimum Gasteiger partial charge on any atom is -0.351 e. The maximum absolute atomic E-state index is 13.0. The molecule has 1 amide bonds. The molecule has 0 atom stereocenters. The molecule has 1 aromatic rings. The second kappa shape index (κ2) is 6.95. The van der Waals surface area contributed by atoms with Gasteiger partial charge in [-0.15, -0.1) is 0 Å². The van der Waals surface area contributed by atoms with Crippen molar-refractivity contribution in [3.8, 4) is 0 Å². The molecule has 0 radical (unpaired) electrons. The number of halogens is 9. The van der Waals surface area contributed by atoms with Gasteiger partial charge in [0.2, 0.25) is 0 Å². The molecule has 0 bridgehead atoms. The molecular weight excluding hydrogens is 394 g/mol. The van der Waals surface area contributed by atoms with Crippen LogP contribution in [-0.2, 0) is 11.3 Å². The number of carbonyl (C=O) groups is 1. The normalized spacial score (nSPS) is 13.2. The van der Waals surface area contributed by atoms with Gasteiger partial charge in [-0.05, 0) is 13.3 Å². The number of amides is 1. The van der Waals surface area contributed by atoms with Gasteiger partial charge in [0.05, 0.1) is 5.69 Å². The Morgan fingerprint density at radius 1 is 1.17 bits per heavy atom. The monoisotopic (exact) mass is 403 g/mol. The summed E-state index contributed by atoms with van der Waals surface area (Å²) in [5, 5.41) is 5.38. The van der Waals surface area contributed by atoms with Crippen LogP contribution in [0.25, 0.3) is 0 Å².